The zero-order chi connectivity index (χ0) is 15.5. The fourth-order valence-corrected chi connectivity index (χ4v) is 3.19. The molecule has 1 aliphatic rings. The van der Waals surface area contributed by atoms with Crippen LogP contribution in [0, 0.1) is 19.8 Å². The molecule has 1 aromatic carbocycles. The van der Waals surface area contributed by atoms with Crippen molar-refractivity contribution in [3.05, 3.63) is 53.3 Å². The van der Waals surface area contributed by atoms with Crippen LogP contribution in [0.25, 0.3) is 0 Å². The highest BCUT2D eigenvalue weighted by atomic mass is 16.2. The molecule has 0 bridgehead atoms. The molecule has 22 heavy (non-hydrogen) atoms. The van der Waals surface area contributed by atoms with Gasteiger partial charge in [0.15, 0.2) is 0 Å². The number of hydrogen-bond acceptors (Lipinski definition) is 2. The summed E-state index contributed by atoms with van der Waals surface area (Å²) in [5, 5.41) is 4.54. The minimum Gasteiger partial charge on any atom is -0.339 e. The first-order valence-corrected chi connectivity index (χ1v) is 7.99. The molecule has 4 nitrogen and oxygen atoms in total. The number of aromatic nitrogens is 2. The quantitative estimate of drug-likeness (QED) is 0.873. The summed E-state index contributed by atoms with van der Waals surface area (Å²) in [6.07, 6.45) is 2.11. The molecule has 1 amide bonds. The lowest BCUT2D eigenvalue weighted by Crippen LogP contribution is -2.39. The molecule has 0 unspecified atom stereocenters. The molecule has 116 valence electrons. The maximum Gasteiger partial charge on any atom is 0.253 e. The van der Waals surface area contributed by atoms with E-state index in [0.717, 1.165) is 43.7 Å². The van der Waals surface area contributed by atoms with Crippen molar-refractivity contribution >= 4 is 5.91 Å². The van der Waals surface area contributed by atoms with Gasteiger partial charge in [-0.1, -0.05) is 18.2 Å². The van der Waals surface area contributed by atoms with Crippen molar-refractivity contribution in [1.29, 1.82) is 0 Å². The van der Waals surface area contributed by atoms with Crippen molar-refractivity contribution in [3.8, 4) is 0 Å². The second kappa shape index (κ2) is 6.34. The molecule has 4 heteroatoms. The second-order valence-electron chi connectivity index (χ2n) is 6.21. The number of aryl methyl sites for hydroxylation is 2. The molecule has 0 atom stereocenters. The Morgan fingerprint density at radius 3 is 2.45 bits per heavy atom. The lowest BCUT2D eigenvalue weighted by molar-refractivity contribution is 0.0681. The van der Waals surface area contributed by atoms with Crippen molar-refractivity contribution in [1.82, 2.24) is 14.7 Å². The van der Waals surface area contributed by atoms with E-state index in [1.807, 2.05) is 42.2 Å². The molecule has 2 heterocycles. The van der Waals surface area contributed by atoms with E-state index in [1.54, 1.807) is 0 Å². The number of likely N-dealkylation sites (tertiary alicyclic amines) is 1. The Bertz CT molecular complexity index is 640. The summed E-state index contributed by atoms with van der Waals surface area (Å²) in [5.41, 5.74) is 3.09. The van der Waals surface area contributed by atoms with Gasteiger partial charge >= 0.3 is 0 Å². The zero-order valence-electron chi connectivity index (χ0n) is 13.3. The predicted molar refractivity (Wildman–Crippen MR) is 86.8 cm³/mol. The highest BCUT2D eigenvalue weighted by molar-refractivity contribution is 5.94. The third-order valence-electron chi connectivity index (χ3n) is 4.46. The summed E-state index contributed by atoms with van der Waals surface area (Å²) in [6.45, 7) is 6.79. The average Bonchev–Trinajstić information content (AvgIpc) is 2.86. The molecular formula is C18H23N3O. The predicted octanol–water partition coefficient (Wildman–Crippen LogP) is 3.05. The van der Waals surface area contributed by atoms with E-state index in [4.69, 9.17) is 0 Å². The van der Waals surface area contributed by atoms with E-state index >= 15 is 0 Å². The molecule has 1 fully saturated rings. The Labute approximate surface area is 131 Å². The van der Waals surface area contributed by atoms with Gasteiger partial charge in [0.05, 0.1) is 5.69 Å². The largest absolute Gasteiger partial charge is 0.339 e. The monoisotopic (exact) mass is 297 g/mol. The highest BCUT2D eigenvalue weighted by Gasteiger charge is 2.24. The molecule has 1 aromatic heterocycles. The van der Waals surface area contributed by atoms with Gasteiger partial charge in [0, 0.05) is 30.9 Å². The Hall–Kier alpha value is -2.10. The number of hydrogen-bond donors (Lipinski definition) is 0. The molecule has 1 aliphatic heterocycles. The van der Waals surface area contributed by atoms with E-state index in [1.165, 1.54) is 5.69 Å². The summed E-state index contributed by atoms with van der Waals surface area (Å²) < 4.78 is 2.11. The third-order valence-corrected chi connectivity index (χ3v) is 4.46. The van der Waals surface area contributed by atoms with E-state index in [2.05, 4.69) is 22.8 Å². The van der Waals surface area contributed by atoms with Gasteiger partial charge in [0.1, 0.15) is 0 Å². The number of carbonyl (C=O) groups excluding carboxylic acids is 1. The van der Waals surface area contributed by atoms with Crippen LogP contribution < -0.4 is 0 Å². The molecule has 0 spiro atoms. The summed E-state index contributed by atoms with van der Waals surface area (Å²) in [4.78, 5) is 14.4. The fourth-order valence-electron chi connectivity index (χ4n) is 3.19. The molecular weight excluding hydrogens is 274 g/mol. The summed E-state index contributed by atoms with van der Waals surface area (Å²) in [6, 6.07) is 11.7. The number of benzene rings is 1. The first-order chi connectivity index (χ1) is 10.6. The van der Waals surface area contributed by atoms with Crippen LogP contribution in [-0.4, -0.2) is 33.7 Å². The first-order valence-electron chi connectivity index (χ1n) is 7.99. The van der Waals surface area contributed by atoms with Gasteiger partial charge in [0.2, 0.25) is 0 Å². The van der Waals surface area contributed by atoms with Crippen LogP contribution in [0.1, 0.15) is 34.6 Å². The van der Waals surface area contributed by atoms with Crippen LogP contribution in [-0.2, 0) is 6.54 Å². The van der Waals surface area contributed by atoms with Crippen molar-refractivity contribution in [2.24, 2.45) is 5.92 Å². The minimum atomic E-state index is 0.158. The maximum atomic E-state index is 12.4. The van der Waals surface area contributed by atoms with Crippen LogP contribution in [0.4, 0.5) is 0 Å². The van der Waals surface area contributed by atoms with Gasteiger partial charge in [-0.15, -0.1) is 0 Å². The summed E-state index contributed by atoms with van der Waals surface area (Å²) >= 11 is 0. The van der Waals surface area contributed by atoms with E-state index in [-0.39, 0.29) is 5.91 Å². The number of nitrogens with zero attached hydrogens (tertiary/aromatic N) is 3. The molecule has 0 saturated carbocycles. The van der Waals surface area contributed by atoms with Gasteiger partial charge in [-0.25, -0.2) is 0 Å². The van der Waals surface area contributed by atoms with Crippen molar-refractivity contribution in [2.45, 2.75) is 33.2 Å². The topological polar surface area (TPSA) is 38.1 Å². The van der Waals surface area contributed by atoms with Gasteiger partial charge in [-0.2, -0.15) is 5.10 Å². The fraction of sp³-hybridized carbons (Fsp3) is 0.444. The Morgan fingerprint density at radius 2 is 1.86 bits per heavy atom. The standard InChI is InChI=1S/C18H23N3O/c1-14-12-15(2)21(19-14)13-16-8-10-20(11-9-16)18(22)17-6-4-3-5-7-17/h3-7,12,16H,8-11,13H2,1-2H3. The lowest BCUT2D eigenvalue weighted by atomic mass is 9.96. The zero-order valence-corrected chi connectivity index (χ0v) is 13.3. The Balaban J connectivity index is 1.56. The molecule has 1 saturated heterocycles. The van der Waals surface area contributed by atoms with Gasteiger partial charge in [-0.05, 0) is 50.8 Å². The van der Waals surface area contributed by atoms with Crippen molar-refractivity contribution < 1.29 is 4.79 Å². The lowest BCUT2D eigenvalue weighted by Gasteiger charge is -2.32. The molecule has 0 aliphatic carbocycles. The molecule has 2 aromatic rings. The molecule has 0 radical (unpaired) electrons. The maximum absolute atomic E-state index is 12.4. The van der Waals surface area contributed by atoms with E-state index in [9.17, 15) is 4.79 Å². The summed E-state index contributed by atoms with van der Waals surface area (Å²) in [5.74, 6) is 0.767. The molecule has 3 rings (SSSR count). The SMILES string of the molecule is Cc1cc(C)n(CC2CCN(C(=O)c3ccccc3)CC2)n1. The van der Waals surface area contributed by atoms with Crippen molar-refractivity contribution in [2.75, 3.05) is 13.1 Å². The Morgan fingerprint density at radius 1 is 1.18 bits per heavy atom. The van der Waals surface area contributed by atoms with Crippen LogP contribution in [0.3, 0.4) is 0 Å². The highest BCUT2D eigenvalue weighted by Crippen LogP contribution is 2.21. The number of carbonyl (C=O) groups is 1. The number of piperidine rings is 1. The van der Waals surface area contributed by atoms with Crippen LogP contribution in [0.15, 0.2) is 36.4 Å². The van der Waals surface area contributed by atoms with Gasteiger partial charge in [-0.3, -0.25) is 9.48 Å². The average molecular weight is 297 g/mol. The Kier molecular flexibility index (Phi) is 4.27. The summed E-state index contributed by atoms with van der Waals surface area (Å²) in [7, 11) is 0. The molecule has 0 N–H and O–H groups in total. The van der Waals surface area contributed by atoms with E-state index < -0.39 is 0 Å². The third kappa shape index (κ3) is 3.21. The second-order valence-corrected chi connectivity index (χ2v) is 6.21. The number of amides is 1. The van der Waals surface area contributed by atoms with Crippen LogP contribution >= 0.6 is 0 Å². The smallest absolute Gasteiger partial charge is 0.253 e. The van der Waals surface area contributed by atoms with Crippen LogP contribution in [0.5, 0.6) is 0 Å². The van der Waals surface area contributed by atoms with Crippen LogP contribution in [0.2, 0.25) is 0 Å². The van der Waals surface area contributed by atoms with Gasteiger partial charge in [0.25, 0.3) is 5.91 Å². The minimum absolute atomic E-state index is 0.158. The number of rotatable bonds is 3. The van der Waals surface area contributed by atoms with Gasteiger partial charge < -0.3 is 4.90 Å². The first kappa shape index (κ1) is 14.8. The van der Waals surface area contributed by atoms with Crippen molar-refractivity contribution in [3.63, 3.8) is 0 Å². The normalized spacial score (nSPS) is 16.0. The van der Waals surface area contributed by atoms with E-state index in [0.29, 0.717) is 5.92 Å².